The molecule has 96 valence electrons. The van der Waals surface area contributed by atoms with Crippen LogP contribution in [0.4, 0.5) is 0 Å². The summed E-state index contributed by atoms with van der Waals surface area (Å²) in [5, 5.41) is 4.27. The van der Waals surface area contributed by atoms with Crippen LogP contribution >= 0.6 is 0 Å². The number of hydrogen-bond acceptors (Lipinski definition) is 3. The lowest BCUT2D eigenvalue weighted by Gasteiger charge is -2.08. The van der Waals surface area contributed by atoms with Gasteiger partial charge in [0.1, 0.15) is 12.4 Å². The van der Waals surface area contributed by atoms with E-state index < -0.39 is 0 Å². The molecule has 1 aromatic carbocycles. The molecular weight excluding hydrogens is 226 g/mol. The van der Waals surface area contributed by atoms with Gasteiger partial charge in [-0.05, 0) is 37.1 Å². The topological polar surface area (TPSA) is 53.1 Å². The van der Waals surface area contributed by atoms with Crippen molar-refractivity contribution in [1.82, 2.24) is 9.78 Å². The van der Waals surface area contributed by atoms with Crippen molar-refractivity contribution in [1.29, 1.82) is 0 Å². The fourth-order valence-corrected chi connectivity index (χ4v) is 1.83. The second-order valence-corrected chi connectivity index (χ2v) is 4.60. The van der Waals surface area contributed by atoms with E-state index in [-0.39, 0.29) is 6.04 Å². The summed E-state index contributed by atoms with van der Waals surface area (Å²) in [6.07, 6.45) is 2.77. The highest BCUT2D eigenvalue weighted by atomic mass is 16.5. The van der Waals surface area contributed by atoms with Crippen molar-refractivity contribution in [3.05, 3.63) is 47.8 Å². The fourth-order valence-electron chi connectivity index (χ4n) is 1.83. The number of nitrogens with zero attached hydrogens (tertiary/aromatic N) is 2. The van der Waals surface area contributed by atoms with Crippen LogP contribution < -0.4 is 10.5 Å². The van der Waals surface area contributed by atoms with Crippen molar-refractivity contribution in [2.45, 2.75) is 26.0 Å². The summed E-state index contributed by atoms with van der Waals surface area (Å²) in [6.45, 7) is 2.49. The minimum atomic E-state index is 0.163. The predicted octanol–water partition coefficient (Wildman–Crippen LogP) is 1.89. The Morgan fingerprint density at radius 2 is 2.22 bits per heavy atom. The average molecular weight is 245 g/mol. The number of rotatable bonds is 5. The summed E-state index contributed by atoms with van der Waals surface area (Å²) in [5.74, 6) is 0.860. The minimum Gasteiger partial charge on any atom is -0.487 e. The molecule has 18 heavy (non-hydrogen) atoms. The summed E-state index contributed by atoms with van der Waals surface area (Å²) >= 11 is 0. The zero-order chi connectivity index (χ0) is 13.0. The quantitative estimate of drug-likeness (QED) is 0.875. The zero-order valence-corrected chi connectivity index (χ0v) is 10.8. The van der Waals surface area contributed by atoms with Gasteiger partial charge in [-0.25, -0.2) is 0 Å². The number of aromatic nitrogens is 2. The highest BCUT2D eigenvalue weighted by molar-refractivity contribution is 5.29. The summed E-state index contributed by atoms with van der Waals surface area (Å²) in [6, 6.07) is 10.2. The van der Waals surface area contributed by atoms with Crippen molar-refractivity contribution in [3.8, 4) is 5.75 Å². The van der Waals surface area contributed by atoms with Crippen molar-refractivity contribution < 1.29 is 4.74 Å². The van der Waals surface area contributed by atoms with Gasteiger partial charge in [-0.15, -0.1) is 0 Å². The monoisotopic (exact) mass is 245 g/mol. The van der Waals surface area contributed by atoms with E-state index in [9.17, 15) is 0 Å². The van der Waals surface area contributed by atoms with Crippen molar-refractivity contribution in [2.75, 3.05) is 0 Å². The van der Waals surface area contributed by atoms with Crippen molar-refractivity contribution in [2.24, 2.45) is 12.8 Å². The lowest BCUT2D eigenvalue weighted by atomic mass is 10.1. The fraction of sp³-hybridized carbons (Fsp3) is 0.357. The molecule has 0 aliphatic heterocycles. The Morgan fingerprint density at radius 1 is 1.39 bits per heavy atom. The van der Waals surface area contributed by atoms with Gasteiger partial charge >= 0.3 is 0 Å². The SMILES string of the molecule is CC(N)Cc1cccc(OCc2ccn(C)n2)c1. The third-order valence-corrected chi connectivity index (χ3v) is 2.61. The number of nitrogens with two attached hydrogens (primary N) is 1. The Bertz CT molecular complexity index is 505. The highest BCUT2D eigenvalue weighted by Crippen LogP contribution is 2.15. The van der Waals surface area contributed by atoms with Gasteiger partial charge in [0.25, 0.3) is 0 Å². The van der Waals surface area contributed by atoms with Gasteiger partial charge in [-0.1, -0.05) is 12.1 Å². The first-order valence-electron chi connectivity index (χ1n) is 6.09. The molecule has 1 unspecified atom stereocenters. The van der Waals surface area contributed by atoms with Gasteiger partial charge in [0, 0.05) is 19.3 Å². The van der Waals surface area contributed by atoms with Crippen LogP contribution in [-0.4, -0.2) is 15.8 Å². The Labute approximate surface area is 107 Å². The molecule has 1 atom stereocenters. The summed E-state index contributed by atoms with van der Waals surface area (Å²) < 4.78 is 7.48. The second-order valence-electron chi connectivity index (χ2n) is 4.60. The number of ether oxygens (including phenoxy) is 1. The molecule has 4 nitrogen and oxygen atoms in total. The van der Waals surface area contributed by atoms with E-state index in [4.69, 9.17) is 10.5 Å². The van der Waals surface area contributed by atoms with Crippen LogP contribution in [0.1, 0.15) is 18.2 Å². The van der Waals surface area contributed by atoms with Crippen LogP contribution in [0.25, 0.3) is 0 Å². The first-order valence-corrected chi connectivity index (χ1v) is 6.09. The van der Waals surface area contributed by atoms with Crippen LogP contribution in [-0.2, 0) is 20.1 Å². The molecule has 0 fully saturated rings. The molecule has 2 aromatic rings. The molecule has 0 saturated carbocycles. The van der Waals surface area contributed by atoms with E-state index in [0.717, 1.165) is 17.9 Å². The molecule has 0 spiro atoms. The molecule has 0 aliphatic rings. The summed E-state index contributed by atoms with van der Waals surface area (Å²) in [7, 11) is 1.90. The number of hydrogen-bond donors (Lipinski definition) is 1. The lowest BCUT2D eigenvalue weighted by Crippen LogP contribution is -2.17. The van der Waals surface area contributed by atoms with E-state index in [1.165, 1.54) is 5.56 Å². The minimum absolute atomic E-state index is 0.163. The van der Waals surface area contributed by atoms with Crippen molar-refractivity contribution >= 4 is 0 Å². The Hall–Kier alpha value is -1.81. The third kappa shape index (κ3) is 3.60. The molecule has 4 heteroatoms. The summed E-state index contributed by atoms with van der Waals surface area (Å²) in [5.41, 5.74) is 7.91. The first kappa shape index (κ1) is 12.6. The molecular formula is C14H19N3O. The second kappa shape index (κ2) is 5.69. The van der Waals surface area contributed by atoms with E-state index in [0.29, 0.717) is 6.61 Å². The maximum absolute atomic E-state index is 5.79. The molecule has 0 aliphatic carbocycles. The summed E-state index contributed by atoms with van der Waals surface area (Å²) in [4.78, 5) is 0. The Kier molecular flexibility index (Phi) is 3.99. The van der Waals surface area contributed by atoms with E-state index >= 15 is 0 Å². The largest absolute Gasteiger partial charge is 0.487 e. The van der Waals surface area contributed by atoms with E-state index in [2.05, 4.69) is 11.2 Å². The Morgan fingerprint density at radius 3 is 2.89 bits per heavy atom. The van der Waals surface area contributed by atoms with E-state index in [1.807, 2.05) is 44.4 Å². The van der Waals surface area contributed by atoms with Gasteiger partial charge in [0.05, 0.1) is 5.69 Å². The molecule has 1 heterocycles. The highest BCUT2D eigenvalue weighted by Gasteiger charge is 2.02. The van der Waals surface area contributed by atoms with Gasteiger partial charge in [-0.2, -0.15) is 5.10 Å². The molecule has 2 N–H and O–H groups in total. The average Bonchev–Trinajstić information content (AvgIpc) is 2.72. The lowest BCUT2D eigenvalue weighted by molar-refractivity contribution is 0.299. The molecule has 1 aromatic heterocycles. The van der Waals surface area contributed by atoms with Gasteiger partial charge < -0.3 is 10.5 Å². The molecule has 0 radical (unpaired) electrons. The van der Waals surface area contributed by atoms with Crippen LogP contribution in [0.5, 0.6) is 5.75 Å². The first-order chi connectivity index (χ1) is 8.63. The molecule has 0 bridgehead atoms. The van der Waals surface area contributed by atoms with E-state index in [1.54, 1.807) is 4.68 Å². The maximum Gasteiger partial charge on any atom is 0.132 e. The number of benzene rings is 1. The number of aryl methyl sites for hydroxylation is 1. The molecule has 0 amide bonds. The standard InChI is InChI=1S/C14H19N3O/c1-11(15)8-12-4-3-5-14(9-12)18-10-13-6-7-17(2)16-13/h3-7,9,11H,8,10,15H2,1-2H3. The molecule has 0 saturated heterocycles. The van der Waals surface area contributed by atoms with Crippen LogP contribution in [0.15, 0.2) is 36.5 Å². The van der Waals surface area contributed by atoms with Gasteiger partial charge in [0.15, 0.2) is 0 Å². The smallest absolute Gasteiger partial charge is 0.132 e. The van der Waals surface area contributed by atoms with Crippen LogP contribution in [0.2, 0.25) is 0 Å². The van der Waals surface area contributed by atoms with Crippen LogP contribution in [0, 0.1) is 0 Å². The third-order valence-electron chi connectivity index (χ3n) is 2.61. The molecule has 2 rings (SSSR count). The maximum atomic E-state index is 5.79. The normalized spacial score (nSPS) is 12.4. The van der Waals surface area contributed by atoms with Crippen molar-refractivity contribution in [3.63, 3.8) is 0 Å². The zero-order valence-electron chi connectivity index (χ0n) is 10.8. The van der Waals surface area contributed by atoms with Gasteiger partial charge in [0.2, 0.25) is 0 Å². The van der Waals surface area contributed by atoms with Crippen LogP contribution in [0.3, 0.4) is 0 Å². The Balaban J connectivity index is 1.96. The predicted molar refractivity (Wildman–Crippen MR) is 71.3 cm³/mol. The van der Waals surface area contributed by atoms with Gasteiger partial charge in [-0.3, -0.25) is 4.68 Å².